The highest BCUT2D eigenvalue weighted by molar-refractivity contribution is 6.45. The van der Waals surface area contributed by atoms with Gasteiger partial charge in [-0.25, -0.2) is 4.79 Å². The van der Waals surface area contributed by atoms with E-state index >= 15 is 0 Å². The topological polar surface area (TPSA) is 105 Å². The van der Waals surface area contributed by atoms with Gasteiger partial charge >= 0.3 is 6.09 Å². The third-order valence-corrected chi connectivity index (χ3v) is 3.99. The number of allylic oxidation sites excluding steroid dienone is 1. The Bertz CT molecular complexity index is 691. The molecule has 3 N–H and O–H groups in total. The van der Waals surface area contributed by atoms with Gasteiger partial charge in [-0.1, -0.05) is 36.7 Å². The lowest BCUT2D eigenvalue weighted by Crippen LogP contribution is -2.36. The summed E-state index contributed by atoms with van der Waals surface area (Å²) in [5.41, 5.74) is 0.621. The van der Waals surface area contributed by atoms with Gasteiger partial charge in [0.15, 0.2) is 12.4 Å². The van der Waals surface area contributed by atoms with Crippen LogP contribution in [0.1, 0.15) is 23.7 Å². The number of amides is 2. The number of ketones is 1. The molecule has 1 aromatic rings. The molecular weight excluding hydrogens is 371 g/mol. The van der Waals surface area contributed by atoms with Gasteiger partial charge in [0.1, 0.15) is 10.8 Å². The van der Waals surface area contributed by atoms with Crippen molar-refractivity contribution in [3.63, 3.8) is 0 Å². The Morgan fingerprint density at radius 2 is 1.80 bits per heavy atom. The van der Waals surface area contributed by atoms with E-state index in [1.54, 1.807) is 6.92 Å². The van der Waals surface area contributed by atoms with E-state index in [0.717, 1.165) is 0 Å². The van der Waals surface area contributed by atoms with Crippen molar-refractivity contribution in [3.05, 3.63) is 39.9 Å². The third kappa shape index (κ3) is 6.28. The van der Waals surface area contributed by atoms with Crippen molar-refractivity contribution in [1.82, 2.24) is 10.6 Å². The van der Waals surface area contributed by atoms with E-state index in [2.05, 4.69) is 17.2 Å². The zero-order valence-electron chi connectivity index (χ0n) is 13.5. The van der Waals surface area contributed by atoms with Crippen LogP contribution in [0.2, 0.25) is 10.0 Å². The molecule has 2 amide bonds. The highest BCUT2D eigenvalue weighted by atomic mass is 35.5. The highest BCUT2D eigenvalue weighted by Crippen LogP contribution is 2.35. The Morgan fingerprint density at radius 3 is 2.40 bits per heavy atom. The molecule has 1 rings (SSSR count). The molecule has 9 heteroatoms. The summed E-state index contributed by atoms with van der Waals surface area (Å²) in [4.78, 5) is 34.0. The molecule has 0 saturated heterocycles. The standard InChI is InChI=1S/C16H18Cl2N2O5/c1-3-9(2)15(22)10-4-5-11(14(18)13(10)17)25-8-12(21)19-6-7-20-16(23)24/h4-5,20H,2-3,6-8H2,1H3,(H,19,21)(H,23,24). The number of Topliss-reactive ketones (excluding diaryl/α,β-unsaturated/α-hetero) is 1. The number of rotatable bonds is 9. The van der Waals surface area contributed by atoms with Gasteiger partial charge in [0.05, 0.1) is 5.02 Å². The van der Waals surface area contributed by atoms with Crippen LogP contribution >= 0.6 is 23.2 Å². The second-order valence-corrected chi connectivity index (χ2v) is 5.65. The number of nitrogens with one attached hydrogen (secondary N) is 2. The summed E-state index contributed by atoms with van der Waals surface area (Å²) >= 11 is 12.2. The number of hydrogen-bond donors (Lipinski definition) is 3. The van der Waals surface area contributed by atoms with Crippen LogP contribution in [0.3, 0.4) is 0 Å². The second-order valence-electron chi connectivity index (χ2n) is 4.90. The normalized spacial score (nSPS) is 10.0. The molecule has 7 nitrogen and oxygen atoms in total. The average Bonchev–Trinajstić information content (AvgIpc) is 2.58. The van der Waals surface area contributed by atoms with E-state index in [1.807, 2.05) is 0 Å². The predicted octanol–water partition coefficient (Wildman–Crippen LogP) is 2.90. The number of carboxylic acid groups (broad SMARTS) is 1. The largest absolute Gasteiger partial charge is 0.482 e. The van der Waals surface area contributed by atoms with Crippen molar-refractivity contribution in [3.8, 4) is 5.75 Å². The summed E-state index contributed by atoms with van der Waals surface area (Å²) in [7, 11) is 0. The molecule has 25 heavy (non-hydrogen) atoms. The maximum Gasteiger partial charge on any atom is 0.404 e. The monoisotopic (exact) mass is 388 g/mol. The molecular formula is C16H18Cl2N2O5. The van der Waals surface area contributed by atoms with Crippen LogP contribution in [0.15, 0.2) is 24.3 Å². The van der Waals surface area contributed by atoms with Crippen LogP contribution in [-0.2, 0) is 4.79 Å². The van der Waals surface area contributed by atoms with Gasteiger partial charge in [0.2, 0.25) is 0 Å². The molecule has 0 aliphatic heterocycles. The molecule has 0 bridgehead atoms. The fourth-order valence-electron chi connectivity index (χ4n) is 1.74. The lowest BCUT2D eigenvalue weighted by atomic mass is 10.0. The zero-order chi connectivity index (χ0) is 19.0. The van der Waals surface area contributed by atoms with Crippen molar-refractivity contribution >= 4 is 41.0 Å². The minimum atomic E-state index is -1.17. The molecule has 0 aliphatic rings. The van der Waals surface area contributed by atoms with E-state index in [0.29, 0.717) is 12.0 Å². The lowest BCUT2D eigenvalue weighted by Gasteiger charge is -2.12. The molecule has 0 atom stereocenters. The number of halogens is 2. The average molecular weight is 389 g/mol. The van der Waals surface area contributed by atoms with Crippen molar-refractivity contribution < 1.29 is 24.2 Å². The van der Waals surface area contributed by atoms with Gasteiger partial charge in [-0.3, -0.25) is 9.59 Å². The van der Waals surface area contributed by atoms with E-state index < -0.39 is 12.0 Å². The number of benzene rings is 1. The quantitative estimate of drug-likeness (QED) is 0.342. The number of carbonyl (C=O) groups excluding carboxylic acids is 2. The lowest BCUT2D eigenvalue weighted by molar-refractivity contribution is -0.123. The SMILES string of the molecule is C=C(CC)C(=O)c1ccc(OCC(=O)NCCNC(=O)O)c(Cl)c1Cl. The van der Waals surface area contributed by atoms with Crippen LogP contribution in [0.4, 0.5) is 4.79 Å². The first-order valence-electron chi connectivity index (χ1n) is 7.34. The van der Waals surface area contributed by atoms with Gasteiger partial charge < -0.3 is 20.5 Å². The molecule has 0 aliphatic carbocycles. The Morgan fingerprint density at radius 1 is 1.16 bits per heavy atom. The minimum absolute atomic E-state index is 0.0248. The van der Waals surface area contributed by atoms with Crippen molar-refractivity contribution in [2.45, 2.75) is 13.3 Å². The summed E-state index contributed by atoms with van der Waals surface area (Å²) in [6, 6.07) is 2.91. The highest BCUT2D eigenvalue weighted by Gasteiger charge is 2.18. The molecule has 0 radical (unpaired) electrons. The van der Waals surface area contributed by atoms with Gasteiger partial charge in [0, 0.05) is 18.7 Å². The summed E-state index contributed by atoms with van der Waals surface area (Å²) in [5, 5.41) is 13.0. The minimum Gasteiger partial charge on any atom is -0.482 e. The number of carbonyl (C=O) groups is 3. The Balaban J connectivity index is 2.64. The van der Waals surface area contributed by atoms with Gasteiger partial charge in [-0.2, -0.15) is 0 Å². The van der Waals surface area contributed by atoms with E-state index in [-0.39, 0.29) is 46.8 Å². The Hall–Kier alpha value is -2.25. The van der Waals surface area contributed by atoms with Crippen molar-refractivity contribution in [1.29, 1.82) is 0 Å². The van der Waals surface area contributed by atoms with E-state index in [4.69, 9.17) is 33.0 Å². The predicted molar refractivity (Wildman–Crippen MR) is 94.8 cm³/mol. The third-order valence-electron chi connectivity index (χ3n) is 3.12. The van der Waals surface area contributed by atoms with Crippen LogP contribution in [-0.4, -0.2) is 42.6 Å². The molecule has 0 unspecified atom stereocenters. The summed E-state index contributed by atoms with van der Waals surface area (Å²) in [6.07, 6.45) is -0.686. The fourth-order valence-corrected chi connectivity index (χ4v) is 2.20. The zero-order valence-corrected chi connectivity index (χ0v) is 15.0. The molecule has 0 fully saturated rings. The smallest absolute Gasteiger partial charge is 0.404 e. The number of hydrogen-bond acceptors (Lipinski definition) is 4. The molecule has 0 saturated carbocycles. The van der Waals surface area contributed by atoms with Gasteiger partial charge in [0.25, 0.3) is 5.91 Å². The van der Waals surface area contributed by atoms with Gasteiger partial charge in [-0.15, -0.1) is 0 Å². The molecule has 136 valence electrons. The first-order valence-corrected chi connectivity index (χ1v) is 8.10. The van der Waals surface area contributed by atoms with Crippen LogP contribution < -0.4 is 15.4 Å². The Labute approximate surface area is 154 Å². The van der Waals surface area contributed by atoms with Crippen molar-refractivity contribution in [2.75, 3.05) is 19.7 Å². The second kappa shape index (κ2) is 9.90. The first-order chi connectivity index (χ1) is 11.8. The molecule has 0 spiro atoms. The number of ether oxygens (including phenoxy) is 1. The maximum absolute atomic E-state index is 12.1. The molecule has 0 heterocycles. The molecule has 0 aromatic heterocycles. The van der Waals surface area contributed by atoms with Crippen LogP contribution in [0, 0.1) is 0 Å². The van der Waals surface area contributed by atoms with Crippen LogP contribution in [0.25, 0.3) is 0 Å². The molecule has 1 aromatic carbocycles. The van der Waals surface area contributed by atoms with E-state index in [1.165, 1.54) is 12.1 Å². The van der Waals surface area contributed by atoms with Crippen molar-refractivity contribution in [2.24, 2.45) is 0 Å². The summed E-state index contributed by atoms with van der Waals surface area (Å²) in [5.74, 6) is -0.604. The first kappa shape index (κ1) is 20.8. The van der Waals surface area contributed by atoms with Crippen LogP contribution in [0.5, 0.6) is 5.75 Å². The fraction of sp³-hybridized carbons (Fsp3) is 0.312. The summed E-state index contributed by atoms with van der Waals surface area (Å²) < 4.78 is 5.28. The summed E-state index contributed by atoms with van der Waals surface area (Å²) in [6.45, 7) is 5.34. The Kier molecular flexibility index (Phi) is 8.24. The van der Waals surface area contributed by atoms with Gasteiger partial charge in [-0.05, 0) is 24.1 Å². The maximum atomic E-state index is 12.1. The van der Waals surface area contributed by atoms with E-state index in [9.17, 15) is 14.4 Å².